The SMILES string of the molecule is COc1ccc(-c2n[nH]c([C@@H](N)c3ccccc3)n2)cc1[N+](=O)[O-]. The van der Waals surface area contributed by atoms with Crippen LogP contribution in [0.3, 0.4) is 0 Å². The van der Waals surface area contributed by atoms with E-state index in [1.54, 1.807) is 6.07 Å². The zero-order valence-electron chi connectivity index (χ0n) is 12.8. The third kappa shape index (κ3) is 2.95. The summed E-state index contributed by atoms with van der Waals surface area (Å²) < 4.78 is 4.99. The second-order valence-electron chi connectivity index (χ2n) is 5.08. The van der Waals surface area contributed by atoms with E-state index in [2.05, 4.69) is 15.2 Å². The van der Waals surface area contributed by atoms with Gasteiger partial charge in [0.05, 0.1) is 18.1 Å². The molecule has 3 rings (SSSR count). The zero-order chi connectivity index (χ0) is 17.1. The van der Waals surface area contributed by atoms with Crippen molar-refractivity contribution in [3.05, 3.63) is 70.0 Å². The number of rotatable bonds is 5. The van der Waals surface area contributed by atoms with Gasteiger partial charge in [-0.05, 0) is 17.7 Å². The maximum absolute atomic E-state index is 11.1. The van der Waals surface area contributed by atoms with E-state index in [4.69, 9.17) is 10.5 Å². The average Bonchev–Trinajstić information content (AvgIpc) is 3.11. The molecule has 3 N–H and O–H groups in total. The van der Waals surface area contributed by atoms with Crippen LogP contribution < -0.4 is 10.5 Å². The Bertz CT molecular complexity index is 863. The number of hydrogen-bond donors (Lipinski definition) is 2. The Morgan fingerprint density at radius 3 is 2.67 bits per heavy atom. The molecule has 0 saturated heterocycles. The molecule has 0 amide bonds. The topological polar surface area (TPSA) is 120 Å². The number of H-pyrrole nitrogens is 1. The molecule has 0 aliphatic rings. The van der Waals surface area contributed by atoms with Crippen LogP contribution in [0, 0.1) is 10.1 Å². The Balaban J connectivity index is 1.93. The third-order valence-corrected chi connectivity index (χ3v) is 3.59. The fraction of sp³-hybridized carbons (Fsp3) is 0.125. The number of aromatic amines is 1. The zero-order valence-corrected chi connectivity index (χ0v) is 12.8. The van der Waals surface area contributed by atoms with Gasteiger partial charge in [0.15, 0.2) is 11.6 Å². The minimum Gasteiger partial charge on any atom is -0.490 e. The van der Waals surface area contributed by atoms with Crippen molar-refractivity contribution in [2.75, 3.05) is 7.11 Å². The van der Waals surface area contributed by atoms with Crippen LogP contribution in [0.4, 0.5) is 5.69 Å². The Morgan fingerprint density at radius 1 is 1.25 bits per heavy atom. The summed E-state index contributed by atoms with van der Waals surface area (Å²) in [6.07, 6.45) is 0. The summed E-state index contributed by atoms with van der Waals surface area (Å²) in [7, 11) is 1.38. The fourth-order valence-corrected chi connectivity index (χ4v) is 2.33. The predicted molar refractivity (Wildman–Crippen MR) is 87.5 cm³/mol. The number of nitro groups is 1. The molecule has 0 saturated carbocycles. The van der Waals surface area contributed by atoms with Gasteiger partial charge in [0, 0.05) is 11.6 Å². The maximum Gasteiger partial charge on any atom is 0.311 e. The van der Waals surface area contributed by atoms with E-state index in [0.717, 1.165) is 5.56 Å². The van der Waals surface area contributed by atoms with Gasteiger partial charge in [-0.1, -0.05) is 30.3 Å². The molecule has 2 aromatic carbocycles. The quantitative estimate of drug-likeness (QED) is 0.549. The molecule has 1 heterocycles. The molecule has 0 bridgehead atoms. The molecule has 24 heavy (non-hydrogen) atoms. The molecule has 122 valence electrons. The maximum atomic E-state index is 11.1. The number of nitrogens with two attached hydrogens (primary N) is 1. The van der Waals surface area contributed by atoms with Gasteiger partial charge in [-0.25, -0.2) is 4.98 Å². The van der Waals surface area contributed by atoms with Gasteiger partial charge in [-0.2, -0.15) is 5.10 Å². The highest BCUT2D eigenvalue weighted by Gasteiger charge is 2.19. The summed E-state index contributed by atoms with van der Waals surface area (Å²) in [5.74, 6) is 0.998. The van der Waals surface area contributed by atoms with Crippen LogP contribution in [-0.2, 0) is 0 Å². The molecule has 8 heteroatoms. The van der Waals surface area contributed by atoms with Gasteiger partial charge in [-0.3, -0.25) is 15.2 Å². The minimum absolute atomic E-state index is 0.145. The lowest BCUT2D eigenvalue weighted by atomic mass is 10.1. The number of aromatic nitrogens is 3. The second-order valence-corrected chi connectivity index (χ2v) is 5.08. The standard InChI is InChI=1S/C16H15N5O3/c1-24-13-8-7-11(9-12(13)21(22)23)15-18-16(20-19-15)14(17)10-5-3-2-4-6-10/h2-9,14H,17H2,1H3,(H,18,19,20)/t14-/m0/s1. The molecular formula is C16H15N5O3. The van der Waals surface area contributed by atoms with Gasteiger partial charge >= 0.3 is 5.69 Å². The van der Waals surface area contributed by atoms with Crippen molar-refractivity contribution in [3.8, 4) is 17.1 Å². The fourth-order valence-electron chi connectivity index (χ4n) is 2.33. The molecule has 0 spiro atoms. The van der Waals surface area contributed by atoms with Crippen molar-refractivity contribution in [2.45, 2.75) is 6.04 Å². The van der Waals surface area contributed by atoms with Crippen molar-refractivity contribution in [1.82, 2.24) is 15.2 Å². The Morgan fingerprint density at radius 2 is 2.00 bits per heavy atom. The summed E-state index contributed by atoms with van der Waals surface area (Å²) >= 11 is 0. The molecule has 0 radical (unpaired) electrons. The normalized spacial score (nSPS) is 11.9. The first-order chi connectivity index (χ1) is 11.6. The summed E-state index contributed by atoms with van der Waals surface area (Å²) in [6.45, 7) is 0. The minimum atomic E-state index is -0.508. The summed E-state index contributed by atoms with van der Waals surface area (Å²) in [6, 6.07) is 13.6. The number of benzene rings is 2. The number of nitrogens with one attached hydrogen (secondary N) is 1. The molecule has 8 nitrogen and oxygen atoms in total. The van der Waals surface area contributed by atoms with Crippen molar-refractivity contribution in [3.63, 3.8) is 0 Å². The van der Waals surface area contributed by atoms with Gasteiger partial charge in [0.25, 0.3) is 0 Å². The Hall–Kier alpha value is -3.26. The number of hydrogen-bond acceptors (Lipinski definition) is 6. The van der Waals surface area contributed by atoms with E-state index in [1.807, 2.05) is 30.3 Å². The Kier molecular flexibility index (Phi) is 4.21. The lowest BCUT2D eigenvalue weighted by Crippen LogP contribution is -2.13. The number of nitro benzene ring substituents is 1. The van der Waals surface area contributed by atoms with Crippen molar-refractivity contribution in [1.29, 1.82) is 0 Å². The highest BCUT2D eigenvalue weighted by Crippen LogP contribution is 2.31. The first kappa shape index (κ1) is 15.6. The Labute approximate surface area is 137 Å². The van der Waals surface area contributed by atoms with Crippen molar-refractivity contribution >= 4 is 5.69 Å². The number of ether oxygens (including phenoxy) is 1. The molecule has 3 aromatic rings. The predicted octanol–water partition coefficient (Wildman–Crippen LogP) is 2.44. The van der Waals surface area contributed by atoms with Crippen LogP contribution in [-0.4, -0.2) is 27.2 Å². The van der Waals surface area contributed by atoms with Gasteiger partial charge < -0.3 is 10.5 Å². The van der Waals surface area contributed by atoms with Crippen LogP contribution in [0.15, 0.2) is 48.5 Å². The van der Waals surface area contributed by atoms with E-state index in [9.17, 15) is 10.1 Å². The molecule has 0 unspecified atom stereocenters. The lowest BCUT2D eigenvalue weighted by molar-refractivity contribution is -0.385. The van der Waals surface area contributed by atoms with Crippen LogP contribution >= 0.6 is 0 Å². The first-order valence-electron chi connectivity index (χ1n) is 7.15. The number of nitrogens with zero attached hydrogens (tertiary/aromatic N) is 3. The van der Waals surface area contributed by atoms with Crippen LogP contribution in [0.25, 0.3) is 11.4 Å². The molecular weight excluding hydrogens is 310 g/mol. The van der Waals surface area contributed by atoms with Crippen molar-refractivity contribution in [2.24, 2.45) is 5.73 Å². The summed E-state index contributed by atoms with van der Waals surface area (Å²) in [5.41, 5.74) is 7.42. The lowest BCUT2D eigenvalue weighted by Gasteiger charge is -2.07. The average molecular weight is 325 g/mol. The summed E-state index contributed by atoms with van der Waals surface area (Å²) in [4.78, 5) is 15.0. The molecule has 0 aliphatic carbocycles. The van der Waals surface area contributed by atoms with E-state index in [0.29, 0.717) is 17.2 Å². The highest BCUT2D eigenvalue weighted by atomic mass is 16.6. The molecule has 1 atom stereocenters. The van der Waals surface area contributed by atoms with E-state index in [-0.39, 0.29) is 11.4 Å². The van der Waals surface area contributed by atoms with Crippen LogP contribution in [0.2, 0.25) is 0 Å². The second kappa shape index (κ2) is 6.47. The first-order valence-corrected chi connectivity index (χ1v) is 7.15. The van der Waals surface area contributed by atoms with E-state index in [1.165, 1.54) is 19.2 Å². The van der Waals surface area contributed by atoms with Crippen LogP contribution in [0.5, 0.6) is 5.75 Å². The smallest absolute Gasteiger partial charge is 0.311 e. The van der Waals surface area contributed by atoms with Crippen LogP contribution in [0.1, 0.15) is 17.4 Å². The van der Waals surface area contributed by atoms with Crippen molar-refractivity contribution < 1.29 is 9.66 Å². The molecule has 0 aliphatic heterocycles. The van der Waals surface area contributed by atoms with E-state index >= 15 is 0 Å². The highest BCUT2D eigenvalue weighted by molar-refractivity contribution is 5.63. The largest absolute Gasteiger partial charge is 0.490 e. The third-order valence-electron chi connectivity index (χ3n) is 3.59. The van der Waals surface area contributed by atoms with Gasteiger partial charge in [-0.15, -0.1) is 0 Å². The number of methoxy groups -OCH3 is 1. The molecule has 0 fully saturated rings. The van der Waals surface area contributed by atoms with Gasteiger partial charge in [0.2, 0.25) is 0 Å². The van der Waals surface area contributed by atoms with Gasteiger partial charge in [0.1, 0.15) is 5.82 Å². The molecule has 1 aromatic heterocycles. The van der Waals surface area contributed by atoms with E-state index < -0.39 is 11.0 Å². The summed E-state index contributed by atoms with van der Waals surface area (Å²) in [5, 5.41) is 18.0. The monoisotopic (exact) mass is 325 g/mol.